The molecule has 9 heteroatoms. The molecule has 0 N–H and O–H groups in total. The van der Waals surface area contributed by atoms with Gasteiger partial charge in [0.05, 0.1) is 6.54 Å². The van der Waals surface area contributed by atoms with Crippen LogP contribution in [0.15, 0.2) is 77.7 Å². The Bertz CT molecular complexity index is 1200. The number of ether oxygens (including phenoxy) is 2. The van der Waals surface area contributed by atoms with Crippen LogP contribution in [0.1, 0.15) is 0 Å². The summed E-state index contributed by atoms with van der Waals surface area (Å²) in [7, 11) is 0. The maximum absolute atomic E-state index is 12.6. The molecule has 0 atom stereocenters. The van der Waals surface area contributed by atoms with Crippen molar-refractivity contribution in [2.24, 2.45) is 0 Å². The maximum atomic E-state index is 12.6. The number of halogens is 3. The molecule has 0 saturated carbocycles. The fraction of sp³-hybridized carbons (Fsp3) is 0.143. The lowest BCUT2D eigenvalue weighted by atomic mass is 10.1. The molecule has 30 heavy (non-hydrogen) atoms. The van der Waals surface area contributed by atoms with Crippen LogP contribution in [-0.2, 0) is 6.54 Å². The molecule has 0 aliphatic heterocycles. The van der Waals surface area contributed by atoms with Crippen molar-refractivity contribution in [2.45, 2.75) is 12.9 Å². The van der Waals surface area contributed by atoms with Crippen LogP contribution in [0.25, 0.3) is 16.8 Å². The van der Waals surface area contributed by atoms with E-state index in [1.165, 1.54) is 33.3 Å². The van der Waals surface area contributed by atoms with Crippen molar-refractivity contribution in [3.8, 4) is 22.6 Å². The van der Waals surface area contributed by atoms with Crippen LogP contribution in [0.2, 0.25) is 0 Å². The zero-order valence-corrected chi connectivity index (χ0v) is 15.5. The predicted molar refractivity (Wildman–Crippen MR) is 104 cm³/mol. The van der Waals surface area contributed by atoms with Crippen LogP contribution < -0.4 is 15.2 Å². The van der Waals surface area contributed by atoms with Crippen molar-refractivity contribution in [3.63, 3.8) is 0 Å². The molecule has 4 rings (SSSR count). The largest absolute Gasteiger partial charge is 0.573 e. The van der Waals surface area contributed by atoms with Gasteiger partial charge in [-0.2, -0.15) is 0 Å². The molecule has 154 valence electrons. The summed E-state index contributed by atoms with van der Waals surface area (Å²) >= 11 is 0. The molecule has 2 heterocycles. The molecule has 0 spiro atoms. The van der Waals surface area contributed by atoms with E-state index in [0.29, 0.717) is 22.5 Å². The Kier molecular flexibility index (Phi) is 5.18. The van der Waals surface area contributed by atoms with Gasteiger partial charge in [0.25, 0.3) is 0 Å². The summed E-state index contributed by atoms with van der Waals surface area (Å²) in [5, 5.41) is 4.27. The number of rotatable bonds is 6. The minimum absolute atomic E-state index is 0.272. The fourth-order valence-electron chi connectivity index (χ4n) is 2.95. The number of alkyl halides is 3. The number of pyridine rings is 1. The monoisotopic (exact) mass is 415 g/mol. The van der Waals surface area contributed by atoms with Gasteiger partial charge in [0.15, 0.2) is 5.65 Å². The molecular formula is C21H16F3N3O3. The Morgan fingerprint density at radius 1 is 0.867 bits per heavy atom. The van der Waals surface area contributed by atoms with Crippen molar-refractivity contribution in [2.75, 3.05) is 6.61 Å². The SMILES string of the molecule is O=c1n(CCOc2ccccc2)nc2ccc(-c3ccc(OC(F)(F)F)cc3)cn12. The normalized spacial score (nSPS) is 11.6. The highest BCUT2D eigenvalue weighted by molar-refractivity contribution is 5.65. The molecule has 4 aromatic rings. The van der Waals surface area contributed by atoms with Crippen LogP contribution in [-0.4, -0.2) is 27.2 Å². The van der Waals surface area contributed by atoms with Crippen LogP contribution in [0.3, 0.4) is 0 Å². The van der Waals surface area contributed by atoms with Crippen molar-refractivity contribution < 1.29 is 22.6 Å². The number of fused-ring (bicyclic) bond motifs is 1. The van der Waals surface area contributed by atoms with Crippen LogP contribution in [0, 0.1) is 0 Å². The lowest BCUT2D eigenvalue weighted by molar-refractivity contribution is -0.274. The quantitative estimate of drug-likeness (QED) is 0.475. The van der Waals surface area contributed by atoms with Gasteiger partial charge in [0, 0.05) is 6.20 Å². The molecule has 0 saturated heterocycles. The Labute approximate surface area is 168 Å². The Morgan fingerprint density at radius 3 is 2.27 bits per heavy atom. The van der Waals surface area contributed by atoms with E-state index in [0.717, 1.165) is 0 Å². The van der Waals surface area contributed by atoms with Crippen molar-refractivity contribution in [1.29, 1.82) is 0 Å². The van der Waals surface area contributed by atoms with Gasteiger partial charge in [-0.05, 0) is 47.5 Å². The summed E-state index contributed by atoms with van der Waals surface area (Å²) in [6.07, 6.45) is -3.15. The molecule has 0 amide bonds. The molecule has 2 aromatic heterocycles. The Balaban J connectivity index is 1.51. The first-order valence-electron chi connectivity index (χ1n) is 9.02. The van der Waals surface area contributed by atoms with Gasteiger partial charge in [0.2, 0.25) is 0 Å². The third-order valence-corrected chi connectivity index (χ3v) is 4.31. The summed E-state index contributed by atoms with van der Waals surface area (Å²) in [5.74, 6) is 0.394. The second-order valence-corrected chi connectivity index (χ2v) is 6.39. The number of para-hydroxylation sites is 1. The molecular weight excluding hydrogens is 399 g/mol. The van der Waals surface area contributed by atoms with E-state index in [1.54, 1.807) is 18.3 Å². The summed E-state index contributed by atoms with van der Waals surface area (Å²) in [6.45, 7) is 0.551. The van der Waals surface area contributed by atoms with Gasteiger partial charge in [-0.25, -0.2) is 13.9 Å². The second kappa shape index (κ2) is 7.94. The summed E-state index contributed by atoms with van der Waals surface area (Å²) in [5.41, 5.74) is 1.42. The molecule has 2 aromatic carbocycles. The van der Waals surface area contributed by atoms with E-state index in [-0.39, 0.29) is 24.6 Å². The van der Waals surface area contributed by atoms with Gasteiger partial charge in [-0.1, -0.05) is 30.3 Å². The Morgan fingerprint density at radius 2 is 1.57 bits per heavy atom. The van der Waals surface area contributed by atoms with Gasteiger partial charge >= 0.3 is 12.1 Å². The minimum atomic E-state index is -4.74. The molecule has 6 nitrogen and oxygen atoms in total. The molecule has 0 bridgehead atoms. The van der Waals surface area contributed by atoms with Crippen LogP contribution in [0.5, 0.6) is 11.5 Å². The molecule has 0 radical (unpaired) electrons. The molecule has 0 aliphatic rings. The third kappa shape index (κ3) is 4.45. The number of hydrogen-bond acceptors (Lipinski definition) is 4. The number of aromatic nitrogens is 3. The average molecular weight is 415 g/mol. The van der Waals surface area contributed by atoms with Gasteiger partial charge in [-0.15, -0.1) is 18.3 Å². The number of nitrogens with zero attached hydrogens (tertiary/aromatic N) is 3. The highest BCUT2D eigenvalue weighted by atomic mass is 19.4. The standard InChI is InChI=1S/C21H16F3N3O3/c22-21(23,24)30-18-9-6-15(7-10-18)16-8-11-19-25-27(20(28)26(19)14-16)12-13-29-17-4-2-1-3-5-17/h1-11,14H,12-13H2. The first-order chi connectivity index (χ1) is 14.4. The lowest BCUT2D eigenvalue weighted by Crippen LogP contribution is -2.24. The lowest BCUT2D eigenvalue weighted by Gasteiger charge is -2.09. The van der Waals surface area contributed by atoms with E-state index in [4.69, 9.17) is 4.74 Å². The van der Waals surface area contributed by atoms with Crippen LogP contribution >= 0.6 is 0 Å². The first kappa shape index (κ1) is 19.6. The van der Waals surface area contributed by atoms with Gasteiger partial charge in [0.1, 0.15) is 18.1 Å². The Hall–Kier alpha value is -3.75. The highest BCUT2D eigenvalue weighted by Gasteiger charge is 2.30. The zero-order chi connectivity index (χ0) is 21.1. The number of benzene rings is 2. The first-order valence-corrected chi connectivity index (χ1v) is 9.02. The topological polar surface area (TPSA) is 57.8 Å². The van der Waals surface area contributed by atoms with Crippen LogP contribution in [0.4, 0.5) is 13.2 Å². The van der Waals surface area contributed by atoms with E-state index < -0.39 is 6.36 Å². The molecule has 0 unspecified atom stereocenters. The van der Waals surface area contributed by atoms with Gasteiger partial charge in [-0.3, -0.25) is 0 Å². The fourth-order valence-corrected chi connectivity index (χ4v) is 2.95. The van der Waals surface area contributed by atoms with Crippen molar-refractivity contribution in [1.82, 2.24) is 14.2 Å². The maximum Gasteiger partial charge on any atom is 0.573 e. The average Bonchev–Trinajstić information content (AvgIpc) is 3.03. The van der Waals surface area contributed by atoms with E-state index >= 15 is 0 Å². The van der Waals surface area contributed by atoms with Crippen molar-refractivity contribution >= 4 is 5.65 Å². The zero-order valence-electron chi connectivity index (χ0n) is 15.5. The summed E-state index contributed by atoms with van der Waals surface area (Å²) in [6, 6.07) is 18.1. The third-order valence-electron chi connectivity index (χ3n) is 4.31. The predicted octanol–water partition coefficient (Wildman–Crippen LogP) is 4.14. The smallest absolute Gasteiger partial charge is 0.492 e. The van der Waals surface area contributed by atoms with E-state index in [2.05, 4.69) is 9.84 Å². The molecule has 0 aliphatic carbocycles. The minimum Gasteiger partial charge on any atom is -0.492 e. The molecule has 0 fully saturated rings. The van der Waals surface area contributed by atoms with Crippen molar-refractivity contribution in [3.05, 3.63) is 83.4 Å². The van der Waals surface area contributed by atoms with E-state index in [1.807, 2.05) is 30.3 Å². The number of hydrogen-bond donors (Lipinski definition) is 0. The highest BCUT2D eigenvalue weighted by Crippen LogP contribution is 2.26. The van der Waals surface area contributed by atoms with E-state index in [9.17, 15) is 18.0 Å². The van der Waals surface area contributed by atoms with Gasteiger partial charge < -0.3 is 9.47 Å². The second-order valence-electron chi connectivity index (χ2n) is 6.39. The summed E-state index contributed by atoms with van der Waals surface area (Å²) in [4.78, 5) is 12.6. The summed E-state index contributed by atoms with van der Waals surface area (Å²) < 4.78 is 49.0.